The van der Waals surface area contributed by atoms with Gasteiger partial charge in [0.2, 0.25) is 0 Å². The second kappa shape index (κ2) is 9.85. The Morgan fingerprint density at radius 2 is 1.83 bits per heavy atom. The molecular formula is C25H20Cl2F2N6O. The maximum Gasteiger partial charge on any atom is 0.137 e. The number of aromatic nitrogens is 5. The number of anilines is 1. The van der Waals surface area contributed by atoms with Crippen molar-refractivity contribution in [3.8, 4) is 0 Å². The van der Waals surface area contributed by atoms with Crippen LogP contribution in [-0.2, 0) is 25.2 Å². The monoisotopic (exact) mass is 528 g/mol. The molecule has 0 amide bonds. The van der Waals surface area contributed by atoms with Crippen LogP contribution < -0.4 is 5.32 Å². The molecule has 5 rings (SSSR count). The first-order valence-electron chi connectivity index (χ1n) is 10.9. The highest BCUT2D eigenvalue weighted by Crippen LogP contribution is 2.30. The third-order valence-corrected chi connectivity index (χ3v) is 6.46. The minimum Gasteiger partial charge on any atom is -0.381 e. The molecule has 0 aliphatic heterocycles. The number of nitrogens with one attached hydrogen (secondary N) is 1. The molecule has 36 heavy (non-hydrogen) atoms. The molecule has 0 spiro atoms. The van der Waals surface area contributed by atoms with Gasteiger partial charge in [0.15, 0.2) is 0 Å². The van der Waals surface area contributed by atoms with Crippen molar-refractivity contribution >= 4 is 39.8 Å². The average molecular weight is 529 g/mol. The van der Waals surface area contributed by atoms with E-state index in [0.717, 1.165) is 28.8 Å². The second-order valence-corrected chi connectivity index (χ2v) is 9.26. The van der Waals surface area contributed by atoms with Gasteiger partial charge in [0.05, 0.1) is 24.8 Å². The Kier molecular flexibility index (Phi) is 6.61. The van der Waals surface area contributed by atoms with Crippen molar-refractivity contribution in [1.29, 1.82) is 0 Å². The Labute approximate surface area is 214 Å². The van der Waals surface area contributed by atoms with Crippen LogP contribution in [0.2, 0.25) is 10.0 Å². The van der Waals surface area contributed by atoms with Crippen molar-refractivity contribution in [3.63, 3.8) is 0 Å². The van der Waals surface area contributed by atoms with Crippen molar-refractivity contribution in [3.05, 3.63) is 106 Å². The van der Waals surface area contributed by atoms with E-state index in [9.17, 15) is 13.9 Å². The summed E-state index contributed by atoms with van der Waals surface area (Å²) in [4.78, 5) is 3.89. The first-order valence-corrected chi connectivity index (χ1v) is 11.7. The minimum absolute atomic E-state index is 0.0743. The summed E-state index contributed by atoms with van der Waals surface area (Å²) in [5.74, 6) is -1.60. The molecular weight excluding hydrogens is 509 g/mol. The first kappa shape index (κ1) is 24.2. The Bertz CT molecular complexity index is 1520. The maximum atomic E-state index is 14.8. The van der Waals surface area contributed by atoms with Crippen molar-refractivity contribution in [2.75, 3.05) is 5.32 Å². The van der Waals surface area contributed by atoms with E-state index in [-0.39, 0.29) is 18.7 Å². The minimum atomic E-state index is -1.80. The number of benzene rings is 3. The molecule has 1 unspecified atom stereocenters. The fourth-order valence-corrected chi connectivity index (χ4v) is 4.56. The third-order valence-electron chi connectivity index (χ3n) is 5.88. The van der Waals surface area contributed by atoms with Crippen LogP contribution >= 0.6 is 23.2 Å². The summed E-state index contributed by atoms with van der Waals surface area (Å²) >= 11 is 12.3. The van der Waals surface area contributed by atoms with Crippen LogP contribution in [0.5, 0.6) is 0 Å². The molecule has 0 saturated carbocycles. The van der Waals surface area contributed by atoms with Crippen LogP contribution in [0.1, 0.15) is 11.1 Å². The molecule has 0 saturated heterocycles. The fourth-order valence-electron chi connectivity index (χ4n) is 4.09. The quantitative estimate of drug-likeness (QED) is 0.281. The summed E-state index contributed by atoms with van der Waals surface area (Å²) in [6, 6.07) is 14.1. The molecule has 184 valence electrons. The van der Waals surface area contributed by atoms with Crippen LogP contribution in [0.25, 0.3) is 10.9 Å². The van der Waals surface area contributed by atoms with Gasteiger partial charge in [-0.05, 0) is 42.0 Å². The maximum absolute atomic E-state index is 14.8. The SMILES string of the molecule is OC(Cn1cncn1)(Cn1ncc2ccc(NCc3ccc(Cl)cc3Cl)cc21)c1ccc(F)cc1F. The van der Waals surface area contributed by atoms with Gasteiger partial charge in [-0.1, -0.05) is 35.3 Å². The van der Waals surface area contributed by atoms with E-state index < -0.39 is 17.2 Å². The highest BCUT2D eigenvalue weighted by atomic mass is 35.5. The van der Waals surface area contributed by atoms with E-state index in [1.807, 2.05) is 24.3 Å². The van der Waals surface area contributed by atoms with Crippen LogP contribution in [0.3, 0.4) is 0 Å². The van der Waals surface area contributed by atoms with E-state index in [4.69, 9.17) is 23.2 Å². The van der Waals surface area contributed by atoms with E-state index >= 15 is 0 Å². The third kappa shape index (κ3) is 5.04. The van der Waals surface area contributed by atoms with Crippen molar-refractivity contribution < 1.29 is 13.9 Å². The van der Waals surface area contributed by atoms with E-state index in [2.05, 4.69) is 20.5 Å². The van der Waals surface area contributed by atoms with Gasteiger partial charge in [-0.25, -0.2) is 18.4 Å². The number of nitrogens with zero attached hydrogens (tertiary/aromatic N) is 5. The highest BCUT2D eigenvalue weighted by Gasteiger charge is 2.35. The summed E-state index contributed by atoms with van der Waals surface area (Å²) in [5, 5.41) is 25.4. The summed E-state index contributed by atoms with van der Waals surface area (Å²) in [5.41, 5.74) is 0.508. The van der Waals surface area contributed by atoms with Gasteiger partial charge in [-0.15, -0.1) is 0 Å². The van der Waals surface area contributed by atoms with Gasteiger partial charge in [0.25, 0.3) is 0 Å². The van der Waals surface area contributed by atoms with Gasteiger partial charge in [0.1, 0.15) is 29.9 Å². The summed E-state index contributed by atoms with van der Waals surface area (Å²) in [7, 11) is 0. The second-order valence-electron chi connectivity index (χ2n) is 8.41. The van der Waals surface area contributed by atoms with Gasteiger partial charge >= 0.3 is 0 Å². The van der Waals surface area contributed by atoms with Crippen LogP contribution in [0.4, 0.5) is 14.5 Å². The molecule has 5 aromatic rings. The fraction of sp³-hybridized carbons (Fsp3) is 0.160. The molecule has 11 heteroatoms. The van der Waals surface area contributed by atoms with E-state index in [0.29, 0.717) is 22.1 Å². The van der Waals surface area contributed by atoms with Crippen molar-refractivity contribution in [2.24, 2.45) is 0 Å². The molecule has 2 aromatic heterocycles. The van der Waals surface area contributed by atoms with Gasteiger partial charge in [0, 0.05) is 39.3 Å². The lowest BCUT2D eigenvalue weighted by atomic mass is 9.92. The number of aliphatic hydroxyl groups is 1. The van der Waals surface area contributed by atoms with Gasteiger partial charge in [-0.2, -0.15) is 10.2 Å². The van der Waals surface area contributed by atoms with Gasteiger partial charge < -0.3 is 10.4 Å². The zero-order valence-corrected chi connectivity index (χ0v) is 20.3. The molecule has 0 radical (unpaired) electrons. The van der Waals surface area contributed by atoms with Crippen molar-refractivity contribution in [2.45, 2.75) is 25.2 Å². The molecule has 0 fully saturated rings. The summed E-state index contributed by atoms with van der Waals surface area (Å²) < 4.78 is 31.4. The number of rotatable bonds is 8. The largest absolute Gasteiger partial charge is 0.381 e. The predicted octanol–water partition coefficient (Wildman–Crippen LogP) is 5.41. The Morgan fingerprint density at radius 1 is 0.972 bits per heavy atom. The Hall–Kier alpha value is -3.53. The lowest BCUT2D eigenvalue weighted by molar-refractivity contribution is -0.00734. The number of fused-ring (bicyclic) bond motifs is 1. The molecule has 0 bridgehead atoms. The molecule has 2 N–H and O–H groups in total. The zero-order chi connectivity index (χ0) is 25.3. The molecule has 0 aliphatic rings. The van der Waals surface area contributed by atoms with Crippen LogP contribution in [0, 0.1) is 11.6 Å². The lowest BCUT2D eigenvalue weighted by Crippen LogP contribution is -2.37. The normalized spacial score (nSPS) is 13.1. The molecule has 7 nitrogen and oxygen atoms in total. The highest BCUT2D eigenvalue weighted by molar-refractivity contribution is 6.35. The standard InChI is InChI=1S/C25H20Cl2F2N6O/c26-18-3-1-16(22(27)7-18)10-31-20-5-2-17-11-32-35(24(17)9-20)13-25(36,12-34-15-30-14-33-34)21-6-4-19(28)8-23(21)29/h1-9,11,14-15,31,36H,10,12-13H2. The first-order chi connectivity index (χ1) is 17.3. The molecule has 0 aliphatic carbocycles. The Balaban J connectivity index is 1.46. The number of hydrogen-bond donors (Lipinski definition) is 2. The van der Waals surface area contributed by atoms with E-state index in [1.54, 1.807) is 23.0 Å². The van der Waals surface area contributed by atoms with Gasteiger partial charge in [-0.3, -0.25) is 4.68 Å². The van der Waals surface area contributed by atoms with Crippen LogP contribution in [-0.4, -0.2) is 29.7 Å². The smallest absolute Gasteiger partial charge is 0.137 e. The number of halogens is 4. The molecule has 1 atom stereocenters. The zero-order valence-electron chi connectivity index (χ0n) is 18.7. The Morgan fingerprint density at radius 3 is 2.58 bits per heavy atom. The topological polar surface area (TPSA) is 80.8 Å². The van der Waals surface area contributed by atoms with E-state index in [1.165, 1.54) is 23.4 Å². The summed E-state index contributed by atoms with van der Waals surface area (Å²) in [6.45, 7) is 0.224. The van der Waals surface area contributed by atoms with Crippen LogP contribution in [0.15, 0.2) is 73.4 Å². The molecule has 3 aromatic carbocycles. The van der Waals surface area contributed by atoms with Crippen molar-refractivity contribution in [1.82, 2.24) is 24.5 Å². The lowest BCUT2D eigenvalue weighted by Gasteiger charge is -2.29. The predicted molar refractivity (Wildman–Crippen MR) is 134 cm³/mol. The molecule has 2 heterocycles. The summed E-state index contributed by atoms with van der Waals surface area (Å²) in [6.07, 6.45) is 4.39. The number of hydrogen-bond acceptors (Lipinski definition) is 5. The average Bonchev–Trinajstić information content (AvgIpc) is 3.48.